The molecule has 0 atom stereocenters. The van der Waals surface area contributed by atoms with Crippen LogP contribution in [0.2, 0.25) is 0 Å². The van der Waals surface area contributed by atoms with E-state index in [1.165, 1.54) is 0 Å². The van der Waals surface area contributed by atoms with E-state index in [9.17, 15) is 0 Å². The molecule has 4 heteroatoms. The second-order valence-electron chi connectivity index (χ2n) is 3.76. The summed E-state index contributed by atoms with van der Waals surface area (Å²) in [6, 6.07) is 2.05. The Morgan fingerprint density at radius 3 is 2.73 bits per heavy atom. The van der Waals surface area contributed by atoms with Gasteiger partial charge >= 0.3 is 0 Å². The molecule has 0 N–H and O–H groups in total. The Morgan fingerprint density at radius 1 is 1.40 bits per heavy atom. The monoisotopic (exact) mass is 244 g/mol. The van der Waals surface area contributed by atoms with E-state index in [0.29, 0.717) is 11.8 Å². The van der Waals surface area contributed by atoms with Crippen LogP contribution in [0.3, 0.4) is 0 Å². The molecule has 0 amide bonds. The predicted octanol–water partition coefficient (Wildman–Crippen LogP) is 3.63. The maximum absolute atomic E-state index is 5.63. The molecule has 0 fully saturated rings. The first-order valence-corrected chi connectivity index (χ1v) is 6.70. The minimum Gasteiger partial charge on any atom is -0.228 e. The summed E-state index contributed by atoms with van der Waals surface area (Å²) in [5, 5.41) is 0.879. The van der Waals surface area contributed by atoms with E-state index in [1.54, 1.807) is 11.8 Å². The van der Waals surface area contributed by atoms with Crippen LogP contribution in [0.15, 0.2) is 11.2 Å². The van der Waals surface area contributed by atoms with Gasteiger partial charge in [-0.15, -0.1) is 11.6 Å². The quantitative estimate of drug-likeness (QED) is 0.342. The number of rotatable bonds is 5. The average molecular weight is 245 g/mol. The summed E-state index contributed by atoms with van der Waals surface area (Å²) in [6.45, 7) is 6.31. The van der Waals surface area contributed by atoms with Crippen LogP contribution in [0.25, 0.3) is 0 Å². The molecule has 0 aliphatic heterocycles. The van der Waals surface area contributed by atoms with Gasteiger partial charge < -0.3 is 0 Å². The van der Waals surface area contributed by atoms with Crippen molar-refractivity contribution in [1.29, 1.82) is 0 Å². The zero-order chi connectivity index (χ0) is 11.3. The van der Waals surface area contributed by atoms with Crippen LogP contribution in [0.4, 0.5) is 0 Å². The molecule has 0 aliphatic carbocycles. The zero-order valence-corrected chi connectivity index (χ0v) is 11.0. The lowest BCUT2D eigenvalue weighted by atomic mass is 10.1. The highest BCUT2D eigenvalue weighted by Gasteiger charge is 2.05. The van der Waals surface area contributed by atoms with Crippen LogP contribution in [-0.4, -0.2) is 21.6 Å². The number of thioether (sulfide) groups is 1. The lowest BCUT2D eigenvalue weighted by Gasteiger charge is -2.07. The summed E-state index contributed by atoms with van der Waals surface area (Å²) < 4.78 is 0. The second kappa shape index (κ2) is 6.33. The molecule has 0 saturated heterocycles. The van der Waals surface area contributed by atoms with Crippen molar-refractivity contribution >= 4 is 23.4 Å². The van der Waals surface area contributed by atoms with Gasteiger partial charge in [0.15, 0.2) is 5.16 Å². The van der Waals surface area contributed by atoms with Crippen LogP contribution in [0.1, 0.15) is 37.6 Å². The Hall–Kier alpha value is -0.280. The summed E-state index contributed by atoms with van der Waals surface area (Å²) in [7, 11) is 0. The molecule has 0 aliphatic rings. The highest BCUT2D eigenvalue weighted by Crippen LogP contribution is 2.19. The number of aryl methyl sites for hydroxylation is 1. The molecule has 84 valence electrons. The van der Waals surface area contributed by atoms with Crippen LogP contribution in [0, 0.1) is 6.92 Å². The Morgan fingerprint density at radius 2 is 2.13 bits per heavy atom. The Balaban J connectivity index is 2.71. The molecule has 1 aromatic heterocycles. The number of alkyl halides is 1. The highest BCUT2D eigenvalue weighted by atomic mass is 35.5. The highest BCUT2D eigenvalue weighted by molar-refractivity contribution is 7.99. The molecule has 0 radical (unpaired) electrons. The summed E-state index contributed by atoms with van der Waals surface area (Å²) >= 11 is 7.31. The van der Waals surface area contributed by atoms with Crippen molar-refractivity contribution in [3.05, 3.63) is 17.5 Å². The van der Waals surface area contributed by atoms with Crippen molar-refractivity contribution in [1.82, 2.24) is 9.97 Å². The molecule has 0 spiro atoms. The van der Waals surface area contributed by atoms with Crippen molar-refractivity contribution in [3.8, 4) is 0 Å². The summed E-state index contributed by atoms with van der Waals surface area (Å²) in [6.07, 6.45) is 1.00. The number of aromatic nitrogens is 2. The van der Waals surface area contributed by atoms with Crippen molar-refractivity contribution in [2.24, 2.45) is 0 Å². The first kappa shape index (κ1) is 12.8. The van der Waals surface area contributed by atoms with Gasteiger partial charge in [-0.2, -0.15) is 0 Å². The van der Waals surface area contributed by atoms with Crippen molar-refractivity contribution in [3.63, 3.8) is 0 Å². The standard InChI is InChI=1S/C11H17ClN2S/c1-8(2)10-7-9(3)13-11(14-10)15-6-4-5-12/h7-8H,4-6H2,1-3H3. The van der Waals surface area contributed by atoms with Gasteiger partial charge in [-0.3, -0.25) is 0 Å². The zero-order valence-electron chi connectivity index (χ0n) is 9.46. The molecule has 0 aromatic carbocycles. The fraction of sp³-hybridized carbons (Fsp3) is 0.636. The van der Waals surface area contributed by atoms with E-state index < -0.39 is 0 Å². The maximum atomic E-state index is 5.63. The van der Waals surface area contributed by atoms with E-state index in [0.717, 1.165) is 28.7 Å². The number of halogens is 1. The average Bonchev–Trinajstić information content (AvgIpc) is 2.17. The number of nitrogens with zero attached hydrogens (tertiary/aromatic N) is 2. The lowest BCUT2D eigenvalue weighted by molar-refractivity contribution is 0.769. The van der Waals surface area contributed by atoms with E-state index in [-0.39, 0.29) is 0 Å². The molecule has 1 rings (SSSR count). The van der Waals surface area contributed by atoms with Crippen molar-refractivity contribution in [2.75, 3.05) is 11.6 Å². The molecule has 15 heavy (non-hydrogen) atoms. The van der Waals surface area contributed by atoms with Gasteiger partial charge in [0.1, 0.15) is 0 Å². The molecule has 0 unspecified atom stereocenters. The molecule has 1 heterocycles. The fourth-order valence-electron chi connectivity index (χ4n) is 1.14. The first-order chi connectivity index (χ1) is 7.13. The summed E-state index contributed by atoms with van der Waals surface area (Å²) in [5.74, 6) is 2.15. The molecule has 1 aromatic rings. The third kappa shape index (κ3) is 4.39. The van der Waals surface area contributed by atoms with Gasteiger partial charge in [-0.25, -0.2) is 9.97 Å². The van der Waals surface area contributed by atoms with Crippen LogP contribution in [0.5, 0.6) is 0 Å². The van der Waals surface area contributed by atoms with Crippen molar-refractivity contribution < 1.29 is 0 Å². The van der Waals surface area contributed by atoms with Gasteiger partial charge in [0, 0.05) is 23.0 Å². The smallest absolute Gasteiger partial charge is 0.187 e. The topological polar surface area (TPSA) is 25.8 Å². The number of hydrogen-bond donors (Lipinski definition) is 0. The van der Waals surface area contributed by atoms with Crippen LogP contribution >= 0.6 is 23.4 Å². The van der Waals surface area contributed by atoms with Crippen LogP contribution < -0.4 is 0 Å². The van der Waals surface area contributed by atoms with Gasteiger partial charge in [0.25, 0.3) is 0 Å². The minimum atomic E-state index is 0.457. The fourth-order valence-corrected chi connectivity index (χ4v) is 2.29. The maximum Gasteiger partial charge on any atom is 0.187 e. The lowest BCUT2D eigenvalue weighted by Crippen LogP contribution is -1.99. The Labute approximate surface area is 101 Å². The predicted molar refractivity (Wildman–Crippen MR) is 66.9 cm³/mol. The van der Waals surface area contributed by atoms with E-state index in [1.807, 2.05) is 6.92 Å². The van der Waals surface area contributed by atoms with Crippen LogP contribution in [-0.2, 0) is 0 Å². The number of hydrogen-bond acceptors (Lipinski definition) is 3. The molecule has 0 saturated carbocycles. The SMILES string of the molecule is Cc1cc(C(C)C)nc(SCCCCl)n1. The van der Waals surface area contributed by atoms with Gasteiger partial charge in [0.05, 0.1) is 0 Å². The molecule has 0 bridgehead atoms. The van der Waals surface area contributed by atoms with E-state index in [2.05, 4.69) is 29.9 Å². The first-order valence-electron chi connectivity index (χ1n) is 5.18. The summed E-state index contributed by atoms with van der Waals surface area (Å²) in [4.78, 5) is 8.91. The van der Waals surface area contributed by atoms with Crippen molar-refractivity contribution in [2.45, 2.75) is 38.3 Å². The van der Waals surface area contributed by atoms with Gasteiger partial charge in [-0.1, -0.05) is 25.6 Å². The summed E-state index contributed by atoms with van der Waals surface area (Å²) in [5.41, 5.74) is 2.16. The third-order valence-electron chi connectivity index (χ3n) is 1.95. The van der Waals surface area contributed by atoms with Gasteiger partial charge in [-0.05, 0) is 25.3 Å². The Bertz CT molecular complexity index is 315. The minimum absolute atomic E-state index is 0.457. The molecule has 2 nitrogen and oxygen atoms in total. The Kier molecular flexibility index (Phi) is 5.40. The second-order valence-corrected chi connectivity index (χ2v) is 5.20. The van der Waals surface area contributed by atoms with E-state index >= 15 is 0 Å². The molecular formula is C11H17ClN2S. The molecular weight excluding hydrogens is 228 g/mol. The van der Waals surface area contributed by atoms with E-state index in [4.69, 9.17) is 11.6 Å². The normalized spacial score (nSPS) is 11.0. The third-order valence-corrected chi connectivity index (χ3v) is 3.16. The largest absolute Gasteiger partial charge is 0.228 e. The van der Waals surface area contributed by atoms with Gasteiger partial charge in [0.2, 0.25) is 0 Å².